The maximum Gasteiger partial charge on any atom is 0.152 e. The van der Waals surface area contributed by atoms with Gasteiger partial charge in [-0.15, -0.1) is 0 Å². The summed E-state index contributed by atoms with van der Waals surface area (Å²) in [6.45, 7) is 7.05. The van der Waals surface area contributed by atoms with Gasteiger partial charge in [0.2, 0.25) is 0 Å². The summed E-state index contributed by atoms with van der Waals surface area (Å²) in [5.41, 5.74) is 4.05. The van der Waals surface area contributed by atoms with Crippen molar-refractivity contribution < 1.29 is 0 Å². The molecule has 0 aliphatic carbocycles. The molecule has 0 radical (unpaired) electrons. The molecule has 0 spiro atoms. The van der Waals surface area contributed by atoms with Gasteiger partial charge in [0, 0.05) is 25.8 Å². The summed E-state index contributed by atoms with van der Waals surface area (Å²) in [4.78, 5) is 12.3. The molecule has 0 saturated carbocycles. The Morgan fingerprint density at radius 3 is 2.28 bits per heavy atom. The first-order chi connectivity index (χ1) is 14.3. The number of hydrogen-bond donors (Lipinski definition) is 0. The minimum Gasteiger partial charge on any atom is -0.358 e. The molecule has 2 aromatic rings. The Morgan fingerprint density at radius 1 is 0.828 bits per heavy atom. The van der Waals surface area contributed by atoms with Crippen molar-refractivity contribution in [2.24, 2.45) is 4.99 Å². The summed E-state index contributed by atoms with van der Waals surface area (Å²) in [7, 11) is 0. The Balaban J connectivity index is 1.44. The van der Waals surface area contributed by atoms with Gasteiger partial charge < -0.3 is 14.7 Å². The van der Waals surface area contributed by atoms with Crippen LogP contribution in [0.1, 0.15) is 37.3 Å². The Morgan fingerprint density at radius 2 is 1.55 bits per heavy atom. The predicted molar refractivity (Wildman–Crippen MR) is 120 cm³/mol. The van der Waals surface area contributed by atoms with E-state index < -0.39 is 0 Å². The van der Waals surface area contributed by atoms with Gasteiger partial charge in [-0.25, -0.2) is 4.99 Å². The third-order valence-electron chi connectivity index (χ3n) is 5.67. The summed E-state index contributed by atoms with van der Waals surface area (Å²) in [5.74, 6) is 1.19. The van der Waals surface area contributed by atoms with Crippen LogP contribution in [0.25, 0.3) is 0 Å². The zero-order valence-electron chi connectivity index (χ0n) is 17.5. The van der Waals surface area contributed by atoms with E-state index in [0.29, 0.717) is 0 Å². The average Bonchev–Trinajstić information content (AvgIpc) is 3.16. The Bertz CT molecular complexity index is 828. The maximum absolute atomic E-state index is 4.91. The number of amidine groups is 1. The molecular weight excluding hydrogens is 356 g/mol. The highest BCUT2D eigenvalue weighted by Gasteiger charge is 2.31. The number of fused-ring (bicyclic) bond motifs is 1. The number of nitrogens with zero attached hydrogens (tertiary/aromatic N) is 4. The summed E-state index contributed by atoms with van der Waals surface area (Å²) in [5, 5.41) is 0. The first-order valence-electron chi connectivity index (χ1n) is 10.9. The third kappa shape index (κ3) is 5.00. The molecule has 0 fully saturated rings. The zero-order valence-corrected chi connectivity index (χ0v) is 17.5. The minimum atomic E-state index is 0.760. The van der Waals surface area contributed by atoms with Crippen LogP contribution in [0.2, 0.25) is 0 Å². The smallest absolute Gasteiger partial charge is 0.152 e. The highest BCUT2D eigenvalue weighted by atomic mass is 15.4. The van der Waals surface area contributed by atoms with Crippen LogP contribution in [0.5, 0.6) is 0 Å². The summed E-state index contributed by atoms with van der Waals surface area (Å²) < 4.78 is 0. The van der Waals surface area contributed by atoms with Crippen molar-refractivity contribution in [3.63, 3.8) is 0 Å². The van der Waals surface area contributed by atoms with Crippen LogP contribution in [0, 0.1) is 0 Å². The van der Waals surface area contributed by atoms with E-state index in [0.717, 1.165) is 39.4 Å². The maximum atomic E-state index is 4.91. The van der Waals surface area contributed by atoms with E-state index in [2.05, 4.69) is 88.5 Å². The molecule has 0 saturated heterocycles. The highest BCUT2D eigenvalue weighted by Crippen LogP contribution is 2.25. The molecule has 0 atom stereocenters. The highest BCUT2D eigenvalue weighted by molar-refractivity contribution is 5.99. The second kappa shape index (κ2) is 9.64. The van der Waals surface area contributed by atoms with Gasteiger partial charge in [-0.2, -0.15) is 0 Å². The van der Waals surface area contributed by atoms with Gasteiger partial charge in [-0.1, -0.05) is 74.0 Å². The van der Waals surface area contributed by atoms with Gasteiger partial charge >= 0.3 is 0 Å². The predicted octanol–water partition coefficient (Wildman–Crippen LogP) is 4.71. The van der Waals surface area contributed by atoms with Crippen molar-refractivity contribution in [2.45, 2.75) is 39.2 Å². The molecule has 4 heteroatoms. The van der Waals surface area contributed by atoms with Gasteiger partial charge in [0.15, 0.2) is 5.84 Å². The van der Waals surface area contributed by atoms with Gasteiger partial charge in [0.1, 0.15) is 6.67 Å². The second-order valence-electron chi connectivity index (χ2n) is 7.98. The Labute approximate surface area is 175 Å². The van der Waals surface area contributed by atoms with E-state index in [4.69, 9.17) is 4.99 Å². The van der Waals surface area contributed by atoms with Gasteiger partial charge in [-0.05, 0) is 30.4 Å². The van der Waals surface area contributed by atoms with E-state index >= 15 is 0 Å². The van der Waals surface area contributed by atoms with Crippen LogP contribution in [-0.4, -0.2) is 47.0 Å². The summed E-state index contributed by atoms with van der Waals surface area (Å²) >= 11 is 0. The van der Waals surface area contributed by atoms with Crippen LogP contribution in [-0.2, 0) is 13.0 Å². The van der Waals surface area contributed by atoms with E-state index in [9.17, 15) is 0 Å². The fourth-order valence-electron chi connectivity index (χ4n) is 4.08. The molecule has 2 aliphatic rings. The average molecular weight is 389 g/mol. The molecule has 2 heterocycles. The van der Waals surface area contributed by atoms with Crippen LogP contribution in [0.4, 0.5) is 0 Å². The summed E-state index contributed by atoms with van der Waals surface area (Å²) in [6.07, 6.45) is 7.07. The fraction of sp³-hybridized carbons (Fsp3) is 0.400. The van der Waals surface area contributed by atoms with Crippen molar-refractivity contribution in [2.75, 3.05) is 26.4 Å². The SMILES string of the molecule is CCCCN1CN(CCCc2ccccc2)C=C2C1=NCN2Cc1ccccc1. The van der Waals surface area contributed by atoms with E-state index in [1.807, 2.05) is 0 Å². The van der Waals surface area contributed by atoms with Crippen LogP contribution in [0.3, 0.4) is 0 Å². The Kier molecular flexibility index (Phi) is 6.50. The number of rotatable bonds is 9. The lowest BCUT2D eigenvalue weighted by molar-refractivity contribution is 0.222. The van der Waals surface area contributed by atoms with E-state index in [-0.39, 0.29) is 0 Å². The van der Waals surface area contributed by atoms with Crippen LogP contribution >= 0.6 is 0 Å². The van der Waals surface area contributed by atoms with Gasteiger partial charge in [0.25, 0.3) is 0 Å². The molecule has 0 amide bonds. The lowest BCUT2D eigenvalue weighted by Gasteiger charge is -2.38. The van der Waals surface area contributed by atoms with Crippen molar-refractivity contribution in [3.05, 3.63) is 83.7 Å². The first kappa shape index (κ1) is 19.6. The van der Waals surface area contributed by atoms with Crippen LogP contribution < -0.4 is 0 Å². The van der Waals surface area contributed by atoms with Crippen LogP contribution in [0.15, 0.2) is 77.6 Å². The molecular formula is C25H32N4. The zero-order chi connectivity index (χ0) is 19.9. The minimum absolute atomic E-state index is 0.760. The summed E-state index contributed by atoms with van der Waals surface area (Å²) in [6, 6.07) is 21.5. The fourth-order valence-corrected chi connectivity index (χ4v) is 4.08. The third-order valence-corrected chi connectivity index (χ3v) is 5.67. The largest absolute Gasteiger partial charge is 0.358 e. The van der Waals surface area contributed by atoms with E-state index in [1.165, 1.54) is 41.9 Å². The number of aryl methyl sites for hydroxylation is 1. The molecule has 0 N–H and O–H groups in total. The molecule has 2 aromatic carbocycles. The lowest BCUT2D eigenvalue weighted by Crippen LogP contribution is -2.46. The standard InChI is InChI=1S/C25H32N4/c1-2-3-17-28-21-27(16-10-15-22-11-6-4-7-12-22)19-24-25(28)26-20-29(24)18-23-13-8-5-9-14-23/h4-9,11-14,19H,2-3,10,15-18,20-21H2,1H3. The topological polar surface area (TPSA) is 22.1 Å². The molecule has 0 aromatic heterocycles. The molecule has 4 nitrogen and oxygen atoms in total. The lowest BCUT2D eigenvalue weighted by atomic mass is 10.1. The number of hydrogen-bond acceptors (Lipinski definition) is 4. The second-order valence-corrected chi connectivity index (χ2v) is 7.98. The van der Waals surface area contributed by atoms with E-state index in [1.54, 1.807) is 0 Å². The van der Waals surface area contributed by atoms with Gasteiger partial charge in [-0.3, -0.25) is 0 Å². The molecule has 4 rings (SSSR count). The molecule has 2 aliphatic heterocycles. The first-order valence-corrected chi connectivity index (χ1v) is 10.9. The van der Waals surface area contributed by atoms with Crippen molar-refractivity contribution in [1.82, 2.24) is 14.7 Å². The molecule has 0 unspecified atom stereocenters. The number of unbranched alkanes of at least 4 members (excludes halogenated alkanes) is 1. The normalized spacial score (nSPS) is 16.0. The van der Waals surface area contributed by atoms with Crippen molar-refractivity contribution >= 4 is 5.84 Å². The number of benzene rings is 2. The molecule has 152 valence electrons. The molecule has 29 heavy (non-hydrogen) atoms. The van der Waals surface area contributed by atoms with Gasteiger partial charge in [0.05, 0.1) is 12.4 Å². The molecule has 0 bridgehead atoms. The monoisotopic (exact) mass is 388 g/mol. The quantitative estimate of drug-likeness (QED) is 0.621. The number of aliphatic imine (C=N–C) groups is 1. The Hall–Kier alpha value is -2.75. The van der Waals surface area contributed by atoms with Crippen molar-refractivity contribution in [1.29, 1.82) is 0 Å². The van der Waals surface area contributed by atoms with Crippen molar-refractivity contribution in [3.8, 4) is 0 Å².